The van der Waals surface area contributed by atoms with Crippen LogP contribution in [0.25, 0.3) is 16.3 Å². The van der Waals surface area contributed by atoms with E-state index in [0.29, 0.717) is 27.1 Å². The van der Waals surface area contributed by atoms with Crippen molar-refractivity contribution in [2.45, 2.75) is 20.8 Å². The fourth-order valence-electron chi connectivity index (χ4n) is 2.91. The highest BCUT2D eigenvalue weighted by Crippen LogP contribution is 2.30. The highest BCUT2D eigenvalue weighted by molar-refractivity contribution is 7.17. The van der Waals surface area contributed by atoms with Crippen molar-refractivity contribution in [2.24, 2.45) is 0 Å². The van der Waals surface area contributed by atoms with Gasteiger partial charge in [-0.1, -0.05) is 29.8 Å². The lowest BCUT2D eigenvalue weighted by Crippen LogP contribution is -2.12. The second kappa shape index (κ2) is 7.73. The van der Waals surface area contributed by atoms with Crippen molar-refractivity contribution in [3.05, 3.63) is 69.4 Å². The first-order chi connectivity index (χ1) is 13.9. The molecule has 2 aromatic carbocycles. The molecule has 1 N–H and O–H groups in total. The van der Waals surface area contributed by atoms with Crippen LogP contribution in [-0.2, 0) is 0 Å². The first-order valence-electron chi connectivity index (χ1n) is 8.83. The van der Waals surface area contributed by atoms with Gasteiger partial charge in [-0.15, -0.1) is 16.4 Å². The zero-order valence-electron chi connectivity index (χ0n) is 16.0. The van der Waals surface area contributed by atoms with Crippen molar-refractivity contribution in [1.82, 2.24) is 25.2 Å². The molecule has 0 spiro atoms. The number of amides is 1. The summed E-state index contributed by atoms with van der Waals surface area (Å²) in [4.78, 5) is 18.0. The minimum atomic E-state index is -0.212. The van der Waals surface area contributed by atoms with Crippen LogP contribution < -0.4 is 5.32 Å². The van der Waals surface area contributed by atoms with Crippen molar-refractivity contribution in [2.75, 3.05) is 5.32 Å². The van der Waals surface area contributed by atoms with Gasteiger partial charge >= 0.3 is 0 Å². The number of carbonyl (C=O) groups excluding carboxylic acids is 1. The number of nitrogens with zero attached hydrogens (tertiary/aromatic N) is 5. The largest absolute Gasteiger partial charge is 0.321 e. The molecule has 146 valence electrons. The van der Waals surface area contributed by atoms with Crippen molar-refractivity contribution >= 4 is 34.5 Å². The molecule has 2 heterocycles. The van der Waals surface area contributed by atoms with E-state index in [-0.39, 0.29) is 5.91 Å². The van der Waals surface area contributed by atoms with E-state index in [4.69, 9.17) is 11.6 Å². The molecule has 0 unspecified atom stereocenters. The Morgan fingerprint density at radius 3 is 2.69 bits per heavy atom. The number of carbonyl (C=O) groups is 1. The number of rotatable bonds is 4. The molecule has 0 atom stereocenters. The van der Waals surface area contributed by atoms with Crippen LogP contribution in [0, 0.1) is 20.8 Å². The summed E-state index contributed by atoms with van der Waals surface area (Å²) in [5.74, 6) is 0.456. The van der Waals surface area contributed by atoms with Gasteiger partial charge in [0.05, 0.1) is 11.4 Å². The second-order valence-corrected chi connectivity index (χ2v) is 7.97. The van der Waals surface area contributed by atoms with Crippen molar-refractivity contribution in [1.29, 1.82) is 0 Å². The average Bonchev–Trinajstić information content (AvgIpc) is 3.29. The van der Waals surface area contributed by atoms with Gasteiger partial charge in [0.25, 0.3) is 5.91 Å². The van der Waals surface area contributed by atoms with E-state index in [1.165, 1.54) is 11.3 Å². The molecule has 0 aliphatic carbocycles. The third kappa shape index (κ3) is 3.90. The molecule has 0 radical (unpaired) electrons. The van der Waals surface area contributed by atoms with Crippen LogP contribution >= 0.6 is 22.9 Å². The minimum absolute atomic E-state index is 0.212. The van der Waals surface area contributed by atoms with Crippen LogP contribution in [0.5, 0.6) is 0 Å². The normalized spacial score (nSPS) is 10.9. The first kappa shape index (κ1) is 19.2. The van der Waals surface area contributed by atoms with E-state index in [0.717, 1.165) is 21.8 Å². The first-order valence-corrected chi connectivity index (χ1v) is 10.0. The monoisotopic (exact) mass is 424 g/mol. The lowest BCUT2D eigenvalue weighted by atomic mass is 10.1. The summed E-state index contributed by atoms with van der Waals surface area (Å²) in [5, 5.41) is 15.9. The smallest absolute Gasteiger partial charge is 0.267 e. The van der Waals surface area contributed by atoms with E-state index in [2.05, 4.69) is 25.8 Å². The van der Waals surface area contributed by atoms with Crippen LogP contribution in [0.15, 0.2) is 42.5 Å². The Morgan fingerprint density at radius 1 is 1.14 bits per heavy atom. The summed E-state index contributed by atoms with van der Waals surface area (Å²) < 4.78 is 1.64. The number of aryl methyl sites for hydroxylation is 3. The maximum atomic E-state index is 12.9. The van der Waals surface area contributed by atoms with Gasteiger partial charge in [-0.05, 0) is 61.0 Å². The zero-order chi connectivity index (χ0) is 20.5. The van der Waals surface area contributed by atoms with E-state index >= 15 is 0 Å². The molecule has 0 saturated heterocycles. The summed E-state index contributed by atoms with van der Waals surface area (Å²) in [6, 6.07) is 13.1. The van der Waals surface area contributed by atoms with Gasteiger partial charge < -0.3 is 5.32 Å². The lowest BCUT2D eigenvalue weighted by molar-refractivity contribution is 0.103. The molecule has 2 aromatic heterocycles. The summed E-state index contributed by atoms with van der Waals surface area (Å²) in [6.07, 6.45) is 0. The predicted molar refractivity (Wildman–Crippen MR) is 114 cm³/mol. The highest BCUT2D eigenvalue weighted by atomic mass is 35.5. The fourth-order valence-corrected chi connectivity index (χ4v) is 4.06. The van der Waals surface area contributed by atoms with Gasteiger partial charge in [-0.3, -0.25) is 4.79 Å². The van der Waals surface area contributed by atoms with Gasteiger partial charge in [-0.25, -0.2) is 4.98 Å². The SMILES string of the molecule is Cc1ccc(NC(=O)c2sc(-c3cccc(Cl)c3)nc2C)cc1-n1nnnc1C. The number of benzene rings is 2. The van der Waals surface area contributed by atoms with Gasteiger partial charge in [0, 0.05) is 16.3 Å². The number of nitrogens with one attached hydrogen (secondary N) is 1. The average molecular weight is 425 g/mol. The molecular formula is C20H17ClN6OS. The maximum Gasteiger partial charge on any atom is 0.267 e. The summed E-state index contributed by atoms with van der Waals surface area (Å²) in [6.45, 7) is 5.61. The molecule has 9 heteroatoms. The van der Waals surface area contributed by atoms with Crippen LogP contribution in [0.4, 0.5) is 5.69 Å². The molecule has 0 bridgehead atoms. The Bertz CT molecular complexity index is 1220. The molecule has 0 fully saturated rings. The number of thiazole rings is 1. The summed E-state index contributed by atoms with van der Waals surface area (Å²) in [7, 11) is 0. The van der Waals surface area contributed by atoms with Crippen LogP contribution in [0.1, 0.15) is 26.8 Å². The van der Waals surface area contributed by atoms with Crippen LogP contribution in [0.3, 0.4) is 0 Å². The minimum Gasteiger partial charge on any atom is -0.321 e. The molecule has 1 amide bonds. The third-order valence-corrected chi connectivity index (χ3v) is 5.84. The van der Waals surface area contributed by atoms with Crippen molar-refractivity contribution in [3.63, 3.8) is 0 Å². The quantitative estimate of drug-likeness (QED) is 0.516. The van der Waals surface area contributed by atoms with Crippen LogP contribution in [-0.4, -0.2) is 31.1 Å². The topological polar surface area (TPSA) is 85.6 Å². The second-order valence-electron chi connectivity index (χ2n) is 6.54. The summed E-state index contributed by atoms with van der Waals surface area (Å²) >= 11 is 7.41. The van der Waals surface area contributed by atoms with Gasteiger partial charge in [-0.2, -0.15) is 4.68 Å². The predicted octanol–water partition coefficient (Wildman–Crippen LogP) is 4.62. The molecular weight excluding hydrogens is 408 g/mol. The van der Waals surface area contributed by atoms with Crippen LogP contribution in [0.2, 0.25) is 5.02 Å². The lowest BCUT2D eigenvalue weighted by Gasteiger charge is -2.10. The molecule has 29 heavy (non-hydrogen) atoms. The van der Waals surface area contributed by atoms with Gasteiger partial charge in [0.1, 0.15) is 9.88 Å². The third-order valence-electron chi connectivity index (χ3n) is 4.39. The summed E-state index contributed by atoms with van der Waals surface area (Å²) in [5.41, 5.74) is 4.02. The van der Waals surface area contributed by atoms with Gasteiger partial charge in [0.2, 0.25) is 0 Å². The Kier molecular flexibility index (Phi) is 5.12. The van der Waals surface area contributed by atoms with E-state index in [1.54, 1.807) is 10.7 Å². The Labute approximate surface area is 176 Å². The standard InChI is InChI=1S/C20H17ClN6OS/c1-11-7-8-16(10-17(11)27-13(3)24-25-26-27)23-19(28)18-12(2)22-20(29-18)14-5-4-6-15(21)9-14/h4-10H,1-3H3,(H,23,28). The van der Waals surface area contributed by atoms with Crippen molar-refractivity contribution in [3.8, 4) is 16.3 Å². The van der Waals surface area contributed by atoms with Gasteiger partial charge in [0.15, 0.2) is 5.82 Å². The molecule has 4 aromatic rings. The van der Waals surface area contributed by atoms with E-state index in [9.17, 15) is 4.79 Å². The molecule has 0 aliphatic rings. The maximum absolute atomic E-state index is 12.9. The molecule has 7 nitrogen and oxygen atoms in total. The fraction of sp³-hybridized carbons (Fsp3) is 0.150. The van der Waals surface area contributed by atoms with E-state index < -0.39 is 0 Å². The number of aromatic nitrogens is 5. The molecule has 0 aliphatic heterocycles. The Balaban J connectivity index is 1.61. The molecule has 0 saturated carbocycles. The number of hydrogen-bond acceptors (Lipinski definition) is 6. The Morgan fingerprint density at radius 2 is 1.97 bits per heavy atom. The number of halogens is 1. The number of tetrazole rings is 1. The number of anilines is 1. The Hall–Kier alpha value is -3.10. The number of hydrogen-bond donors (Lipinski definition) is 1. The van der Waals surface area contributed by atoms with Crippen molar-refractivity contribution < 1.29 is 4.79 Å². The molecule has 4 rings (SSSR count). The zero-order valence-corrected chi connectivity index (χ0v) is 17.5. The van der Waals surface area contributed by atoms with E-state index in [1.807, 2.05) is 57.2 Å². The highest BCUT2D eigenvalue weighted by Gasteiger charge is 2.17.